The van der Waals surface area contributed by atoms with E-state index in [1.165, 1.54) is 19.0 Å². The van der Waals surface area contributed by atoms with Crippen LogP contribution < -0.4 is 5.46 Å². The van der Waals surface area contributed by atoms with Gasteiger partial charge in [-0.15, -0.1) is 0 Å². The molecule has 1 N–H and O–H groups in total. The van der Waals surface area contributed by atoms with Crippen LogP contribution in [0.25, 0.3) is 0 Å². The summed E-state index contributed by atoms with van der Waals surface area (Å²) in [4.78, 5) is 0. The van der Waals surface area contributed by atoms with Gasteiger partial charge in [0, 0.05) is 5.56 Å². The summed E-state index contributed by atoms with van der Waals surface area (Å²) in [6.07, 6.45) is 0. The normalized spacial score (nSPS) is 11.7. The zero-order chi connectivity index (χ0) is 11.8. The van der Waals surface area contributed by atoms with E-state index in [-0.39, 0.29) is 11.0 Å². The van der Waals surface area contributed by atoms with E-state index in [0.29, 0.717) is 0 Å². The van der Waals surface area contributed by atoms with Gasteiger partial charge in [0.25, 0.3) is 0 Å². The van der Waals surface area contributed by atoms with Crippen LogP contribution in [0.3, 0.4) is 0 Å². The minimum Gasteiger partial charge on any atom is -0.446 e. The maximum absolute atomic E-state index is 13.6. The first-order chi connectivity index (χ1) is 6.73. The fourth-order valence-electron chi connectivity index (χ4n) is 1.55. The van der Waals surface area contributed by atoms with E-state index in [4.69, 9.17) is 0 Å². The molecule has 82 valence electrons. The lowest BCUT2D eigenvalue weighted by Gasteiger charge is -2.21. The van der Waals surface area contributed by atoms with E-state index in [2.05, 4.69) is 0 Å². The molecule has 0 bridgehead atoms. The van der Waals surface area contributed by atoms with Crippen LogP contribution in [-0.4, -0.2) is 11.9 Å². The van der Waals surface area contributed by atoms with Crippen LogP contribution in [0.5, 0.6) is 0 Å². The molecule has 0 aliphatic heterocycles. The van der Waals surface area contributed by atoms with E-state index in [0.717, 1.165) is 0 Å². The highest BCUT2D eigenvalue weighted by Gasteiger charge is 2.24. The molecular weight excluding hydrogens is 197 g/mol. The molecule has 0 aromatic heterocycles. The van der Waals surface area contributed by atoms with Crippen molar-refractivity contribution < 1.29 is 13.8 Å². The molecule has 0 radical (unpaired) electrons. The smallest absolute Gasteiger partial charge is 0.320 e. The van der Waals surface area contributed by atoms with Crippen molar-refractivity contribution in [1.82, 2.24) is 0 Å². The summed E-state index contributed by atoms with van der Waals surface area (Å²) in [7, 11) is 0. The fraction of sp³-hybridized carbons (Fsp3) is 0.455. The Labute approximate surface area is 89.2 Å². The minimum atomic E-state index is -0.858. The van der Waals surface area contributed by atoms with Crippen molar-refractivity contribution in [2.75, 3.05) is 0 Å². The van der Waals surface area contributed by atoms with Crippen molar-refractivity contribution >= 4 is 12.4 Å². The molecule has 0 saturated heterocycles. The number of halogens is 2. The van der Waals surface area contributed by atoms with Gasteiger partial charge in [0.1, 0.15) is 11.6 Å². The first-order valence-electron chi connectivity index (χ1n) is 4.91. The van der Waals surface area contributed by atoms with Crippen molar-refractivity contribution in [3.05, 3.63) is 29.3 Å². The molecule has 0 unspecified atom stereocenters. The highest BCUT2D eigenvalue weighted by atomic mass is 19.1. The van der Waals surface area contributed by atoms with Crippen LogP contribution >= 0.6 is 0 Å². The van der Waals surface area contributed by atoms with Crippen LogP contribution in [0.2, 0.25) is 6.82 Å². The van der Waals surface area contributed by atoms with Crippen LogP contribution in [0.1, 0.15) is 26.3 Å². The Morgan fingerprint density at radius 2 is 1.53 bits per heavy atom. The predicted octanol–water partition coefficient (Wildman–Crippen LogP) is 2.08. The first-order valence-corrected chi connectivity index (χ1v) is 4.91. The highest BCUT2D eigenvalue weighted by molar-refractivity contribution is 6.64. The Bertz CT molecular complexity index is 346. The van der Waals surface area contributed by atoms with E-state index in [1.807, 2.05) is 0 Å². The summed E-state index contributed by atoms with van der Waals surface area (Å²) >= 11 is 0. The molecule has 0 aliphatic carbocycles. The molecule has 0 amide bonds. The third-order valence-corrected chi connectivity index (χ3v) is 2.30. The molecule has 0 spiro atoms. The van der Waals surface area contributed by atoms with E-state index in [1.54, 1.807) is 20.8 Å². The van der Waals surface area contributed by atoms with E-state index < -0.39 is 24.0 Å². The monoisotopic (exact) mass is 212 g/mol. The van der Waals surface area contributed by atoms with E-state index in [9.17, 15) is 13.8 Å². The zero-order valence-corrected chi connectivity index (χ0v) is 9.44. The summed E-state index contributed by atoms with van der Waals surface area (Å²) in [5.41, 5.74) is -0.254. The topological polar surface area (TPSA) is 20.2 Å². The third-order valence-electron chi connectivity index (χ3n) is 2.30. The molecule has 4 heteroatoms. The van der Waals surface area contributed by atoms with Crippen molar-refractivity contribution in [2.24, 2.45) is 0 Å². The van der Waals surface area contributed by atoms with Gasteiger partial charge in [-0.1, -0.05) is 27.6 Å². The quantitative estimate of drug-likeness (QED) is 0.706. The molecule has 0 saturated carbocycles. The Balaban J connectivity index is 3.34. The molecule has 15 heavy (non-hydrogen) atoms. The third kappa shape index (κ3) is 2.56. The van der Waals surface area contributed by atoms with Gasteiger partial charge in [-0.05, 0) is 23.0 Å². The first kappa shape index (κ1) is 12.2. The lowest BCUT2D eigenvalue weighted by molar-refractivity contribution is 0.476. The van der Waals surface area contributed by atoms with Gasteiger partial charge in [0.2, 0.25) is 0 Å². The summed E-state index contributed by atoms with van der Waals surface area (Å²) in [5.74, 6) is -1.20. The summed E-state index contributed by atoms with van der Waals surface area (Å²) < 4.78 is 27.2. The van der Waals surface area contributed by atoms with Crippen LogP contribution in [-0.2, 0) is 5.41 Å². The summed E-state index contributed by atoms with van der Waals surface area (Å²) in [6, 6.07) is 2.38. The molecule has 1 nitrogen and oxygen atoms in total. The Morgan fingerprint density at radius 1 is 1.13 bits per heavy atom. The van der Waals surface area contributed by atoms with Gasteiger partial charge in [0.15, 0.2) is 0 Å². The summed E-state index contributed by atoms with van der Waals surface area (Å²) in [6.45, 7) is 5.86. The van der Waals surface area contributed by atoms with Crippen LogP contribution in [0.15, 0.2) is 12.1 Å². The zero-order valence-electron chi connectivity index (χ0n) is 9.44. The Morgan fingerprint density at radius 3 is 1.80 bits per heavy atom. The number of hydrogen-bond acceptors (Lipinski definition) is 1. The number of benzene rings is 1. The largest absolute Gasteiger partial charge is 0.446 e. The van der Waals surface area contributed by atoms with Gasteiger partial charge in [0.05, 0.1) is 0 Å². The van der Waals surface area contributed by atoms with Gasteiger partial charge in [-0.25, -0.2) is 8.78 Å². The molecule has 0 fully saturated rings. The Hall–Kier alpha value is -0.895. The maximum atomic E-state index is 13.6. The second kappa shape index (κ2) is 3.93. The fourth-order valence-corrected chi connectivity index (χ4v) is 1.55. The van der Waals surface area contributed by atoms with E-state index >= 15 is 0 Å². The van der Waals surface area contributed by atoms with Crippen molar-refractivity contribution in [1.29, 1.82) is 0 Å². The molecule has 0 atom stereocenters. The second-order valence-electron chi connectivity index (χ2n) is 4.79. The van der Waals surface area contributed by atoms with Crippen LogP contribution in [0, 0.1) is 11.6 Å². The second-order valence-corrected chi connectivity index (χ2v) is 4.79. The maximum Gasteiger partial charge on any atom is 0.320 e. The standard InChI is InChI=1S/C11H15BF2O/c1-11(2,3)10-8(13)5-7(12(4)15)6-9(10)14/h5-6,15H,1-4H3. The van der Waals surface area contributed by atoms with Crippen molar-refractivity contribution in [3.63, 3.8) is 0 Å². The lowest BCUT2D eigenvalue weighted by atomic mass is 9.64. The van der Waals surface area contributed by atoms with Crippen LogP contribution in [0.4, 0.5) is 8.78 Å². The highest BCUT2D eigenvalue weighted by Crippen LogP contribution is 2.26. The van der Waals surface area contributed by atoms with Crippen molar-refractivity contribution in [2.45, 2.75) is 33.0 Å². The molecule has 1 aromatic rings. The molecule has 0 aliphatic rings. The van der Waals surface area contributed by atoms with Gasteiger partial charge in [-0.2, -0.15) is 0 Å². The lowest BCUT2D eigenvalue weighted by Crippen LogP contribution is -2.29. The van der Waals surface area contributed by atoms with Crippen molar-refractivity contribution in [3.8, 4) is 0 Å². The molecule has 0 heterocycles. The minimum absolute atomic E-state index is 0.0619. The molecule has 1 rings (SSSR count). The molecular formula is C11H15BF2O. The van der Waals surface area contributed by atoms with Gasteiger partial charge >= 0.3 is 6.92 Å². The average Bonchev–Trinajstić information content (AvgIpc) is 1.99. The SMILES string of the molecule is CB(O)c1cc(F)c(C(C)(C)C)c(F)c1. The average molecular weight is 212 g/mol. The molecule has 1 aromatic carbocycles. The number of rotatable bonds is 1. The summed E-state index contributed by atoms with van der Waals surface area (Å²) in [5, 5.41) is 9.23. The Kier molecular flexibility index (Phi) is 3.19. The predicted molar refractivity (Wildman–Crippen MR) is 58.5 cm³/mol. The number of hydrogen-bond donors (Lipinski definition) is 1. The van der Waals surface area contributed by atoms with Gasteiger partial charge in [-0.3, -0.25) is 0 Å². The van der Waals surface area contributed by atoms with Gasteiger partial charge < -0.3 is 5.02 Å².